The zero-order chi connectivity index (χ0) is 20.4. The maximum Gasteiger partial charge on any atom is 0.243 e. The monoisotopic (exact) mass is 388 g/mol. The number of amides is 1. The fourth-order valence-corrected chi connectivity index (χ4v) is 3.77. The minimum atomic E-state index is -3.54. The third-order valence-electron chi connectivity index (χ3n) is 4.96. The topological polar surface area (TPSA) is 66.5 Å². The molecule has 0 fully saturated rings. The Morgan fingerprint density at radius 1 is 1.00 bits per heavy atom. The molecule has 2 rings (SSSR count). The first kappa shape index (κ1) is 21.1. The van der Waals surface area contributed by atoms with Gasteiger partial charge in [-0.05, 0) is 55.5 Å². The molecule has 0 saturated heterocycles. The second-order valence-electron chi connectivity index (χ2n) is 7.12. The number of benzene rings is 2. The Balaban J connectivity index is 2.35. The average Bonchev–Trinajstić information content (AvgIpc) is 2.58. The molecule has 2 atom stereocenters. The van der Waals surface area contributed by atoms with E-state index in [1.807, 2.05) is 26.8 Å². The van der Waals surface area contributed by atoms with Crippen LogP contribution in [0.2, 0.25) is 0 Å². The first-order valence-electron chi connectivity index (χ1n) is 8.88. The minimum Gasteiger partial charge on any atom is -0.348 e. The van der Waals surface area contributed by atoms with Crippen LogP contribution >= 0.6 is 0 Å². The van der Waals surface area contributed by atoms with Crippen LogP contribution in [0, 0.1) is 20.8 Å². The van der Waals surface area contributed by atoms with E-state index in [0.29, 0.717) is 5.56 Å². The minimum absolute atomic E-state index is 0.240. The molecule has 27 heavy (non-hydrogen) atoms. The summed E-state index contributed by atoms with van der Waals surface area (Å²) in [4.78, 5) is 13.1. The lowest BCUT2D eigenvalue weighted by atomic mass is 9.96. The predicted molar refractivity (Wildman–Crippen MR) is 109 cm³/mol. The molecule has 5 nitrogen and oxygen atoms in total. The number of sulfonamides is 1. The third-order valence-corrected chi connectivity index (χ3v) is 6.22. The quantitative estimate of drug-likeness (QED) is 0.824. The summed E-state index contributed by atoms with van der Waals surface area (Å²) in [5, 5.41) is 2.99. The Bertz CT molecular complexity index is 924. The van der Waals surface area contributed by atoms with Gasteiger partial charge in [0.1, 0.15) is 6.04 Å². The summed E-state index contributed by atoms with van der Waals surface area (Å²) in [6, 6.07) is 12.0. The van der Waals surface area contributed by atoms with Gasteiger partial charge in [-0.25, -0.2) is 8.42 Å². The van der Waals surface area contributed by atoms with E-state index in [9.17, 15) is 13.2 Å². The zero-order valence-corrected chi connectivity index (χ0v) is 17.6. The molecule has 1 amide bonds. The summed E-state index contributed by atoms with van der Waals surface area (Å²) < 4.78 is 25.3. The van der Waals surface area contributed by atoms with Gasteiger partial charge in [-0.1, -0.05) is 42.5 Å². The van der Waals surface area contributed by atoms with E-state index in [-0.39, 0.29) is 11.9 Å². The van der Waals surface area contributed by atoms with Crippen molar-refractivity contribution in [3.8, 4) is 0 Å². The van der Waals surface area contributed by atoms with Gasteiger partial charge in [0, 0.05) is 7.05 Å². The number of nitrogens with zero attached hydrogens (tertiary/aromatic N) is 1. The van der Waals surface area contributed by atoms with Crippen LogP contribution in [-0.2, 0) is 14.8 Å². The maximum absolute atomic E-state index is 13.1. The third kappa shape index (κ3) is 4.96. The lowest BCUT2D eigenvalue weighted by Gasteiger charge is -2.28. The van der Waals surface area contributed by atoms with Gasteiger partial charge in [0.2, 0.25) is 15.9 Å². The van der Waals surface area contributed by atoms with E-state index >= 15 is 0 Å². The van der Waals surface area contributed by atoms with Gasteiger partial charge in [0.25, 0.3) is 0 Å². The molecule has 2 aromatic rings. The van der Waals surface area contributed by atoms with Crippen molar-refractivity contribution in [1.82, 2.24) is 9.62 Å². The fourth-order valence-electron chi connectivity index (χ4n) is 3.17. The average molecular weight is 389 g/mol. The molecule has 0 aliphatic heterocycles. The molecule has 0 heterocycles. The van der Waals surface area contributed by atoms with Gasteiger partial charge in [-0.15, -0.1) is 0 Å². The van der Waals surface area contributed by atoms with E-state index in [4.69, 9.17) is 0 Å². The molecule has 2 unspecified atom stereocenters. The highest BCUT2D eigenvalue weighted by Crippen LogP contribution is 2.25. The Morgan fingerprint density at radius 3 is 2.11 bits per heavy atom. The first-order valence-corrected chi connectivity index (χ1v) is 10.7. The predicted octanol–water partition coefficient (Wildman–Crippen LogP) is 3.42. The second-order valence-corrected chi connectivity index (χ2v) is 9.16. The molecule has 0 aliphatic carbocycles. The molecule has 0 saturated carbocycles. The number of hydrogen-bond donors (Lipinski definition) is 1. The smallest absolute Gasteiger partial charge is 0.243 e. The van der Waals surface area contributed by atoms with Crippen molar-refractivity contribution < 1.29 is 13.2 Å². The molecule has 0 aromatic heterocycles. The number of carbonyl (C=O) groups is 1. The molecule has 0 radical (unpaired) electrons. The molecule has 0 aliphatic rings. The highest BCUT2D eigenvalue weighted by Gasteiger charge is 2.31. The first-order chi connectivity index (χ1) is 12.5. The summed E-state index contributed by atoms with van der Waals surface area (Å²) in [7, 11) is -2.11. The standard InChI is InChI=1S/C21H28N2O3S/c1-14-12-16(3)19(13-15(14)2)17(4)22-21(24)20(23(5)27(6,25)26)18-10-8-7-9-11-18/h7-13,17,20H,1-6H3,(H,22,24). The van der Waals surface area contributed by atoms with Crippen molar-refractivity contribution in [1.29, 1.82) is 0 Å². The highest BCUT2D eigenvalue weighted by molar-refractivity contribution is 7.88. The Morgan fingerprint density at radius 2 is 1.56 bits per heavy atom. The van der Waals surface area contributed by atoms with Gasteiger partial charge in [-0.3, -0.25) is 4.79 Å². The van der Waals surface area contributed by atoms with E-state index in [1.165, 1.54) is 12.6 Å². The Kier molecular flexibility index (Phi) is 6.44. The van der Waals surface area contributed by atoms with Gasteiger partial charge >= 0.3 is 0 Å². The van der Waals surface area contributed by atoms with Crippen LogP contribution in [0.25, 0.3) is 0 Å². The normalized spacial score (nSPS) is 14.0. The van der Waals surface area contributed by atoms with Gasteiger partial charge in [0.15, 0.2) is 0 Å². The number of rotatable bonds is 6. The summed E-state index contributed by atoms with van der Waals surface area (Å²) in [6.45, 7) is 8.03. The van der Waals surface area contributed by atoms with Crippen LogP contribution in [-0.4, -0.2) is 31.9 Å². The van der Waals surface area contributed by atoms with Crippen molar-refractivity contribution in [2.75, 3.05) is 13.3 Å². The Hall–Kier alpha value is -2.18. The van der Waals surface area contributed by atoms with Crippen LogP contribution in [0.4, 0.5) is 0 Å². The van der Waals surface area contributed by atoms with Crippen LogP contribution in [0.1, 0.15) is 46.8 Å². The molecule has 0 bridgehead atoms. The van der Waals surface area contributed by atoms with E-state index in [2.05, 4.69) is 24.4 Å². The fraction of sp³-hybridized carbons (Fsp3) is 0.381. The van der Waals surface area contributed by atoms with Crippen molar-refractivity contribution >= 4 is 15.9 Å². The molecule has 146 valence electrons. The largest absolute Gasteiger partial charge is 0.348 e. The van der Waals surface area contributed by atoms with Crippen molar-refractivity contribution in [2.24, 2.45) is 0 Å². The summed E-state index contributed by atoms with van der Waals surface area (Å²) in [6.07, 6.45) is 1.10. The van der Waals surface area contributed by atoms with Crippen molar-refractivity contribution in [3.63, 3.8) is 0 Å². The van der Waals surface area contributed by atoms with Gasteiger partial charge < -0.3 is 5.32 Å². The number of hydrogen-bond acceptors (Lipinski definition) is 3. The summed E-state index contributed by atoms with van der Waals surface area (Å²) in [5.74, 6) is -0.348. The van der Waals surface area contributed by atoms with Crippen LogP contribution in [0.15, 0.2) is 42.5 Å². The van der Waals surface area contributed by atoms with Crippen molar-refractivity contribution in [2.45, 2.75) is 39.8 Å². The molecule has 2 aromatic carbocycles. The molecule has 1 N–H and O–H groups in total. The lowest BCUT2D eigenvalue weighted by molar-refractivity contribution is -0.125. The summed E-state index contributed by atoms with van der Waals surface area (Å²) >= 11 is 0. The van der Waals surface area contributed by atoms with Gasteiger partial charge in [0.05, 0.1) is 12.3 Å². The Labute approximate surface area is 162 Å². The SMILES string of the molecule is Cc1cc(C)c(C(C)NC(=O)C(c2ccccc2)N(C)S(C)(=O)=O)cc1C. The highest BCUT2D eigenvalue weighted by atomic mass is 32.2. The van der Waals surface area contributed by atoms with Crippen molar-refractivity contribution in [3.05, 3.63) is 70.3 Å². The van der Waals surface area contributed by atoms with E-state index < -0.39 is 16.1 Å². The lowest BCUT2D eigenvalue weighted by Crippen LogP contribution is -2.42. The van der Waals surface area contributed by atoms with Crippen LogP contribution < -0.4 is 5.32 Å². The molecule has 0 spiro atoms. The number of aryl methyl sites for hydroxylation is 3. The summed E-state index contributed by atoms with van der Waals surface area (Å²) in [5.41, 5.74) is 5.11. The molecule has 6 heteroatoms. The zero-order valence-electron chi connectivity index (χ0n) is 16.8. The number of carbonyl (C=O) groups excluding carboxylic acids is 1. The van der Waals surface area contributed by atoms with E-state index in [0.717, 1.165) is 27.3 Å². The maximum atomic E-state index is 13.1. The van der Waals surface area contributed by atoms with Crippen LogP contribution in [0.5, 0.6) is 0 Å². The van der Waals surface area contributed by atoms with Gasteiger partial charge in [-0.2, -0.15) is 4.31 Å². The number of likely N-dealkylation sites (N-methyl/N-ethyl adjacent to an activating group) is 1. The number of nitrogens with one attached hydrogen (secondary N) is 1. The second kappa shape index (κ2) is 8.23. The van der Waals surface area contributed by atoms with Crippen LogP contribution in [0.3, 0.4) is 0 Å². The van der Waals surface area contributed by atoms with E-state index in [1.54, 1.807) is 24.3 Å². The molecular formula is C21H28N2O3S. The molecular weight excluding hydrogens is 360 g/mol.